The first-order valence-electron chi connectivity index (χ1n) is 3.25. The van der Waals surface area contributed by atoms with Crippen molar-refractivity contribution in [2.45, 2.75) is 17.3 Å². The van der Waals surface area contributed by atoms with Crippen LogP contribution in [0.2, 0.25) is 17.3 Å². The third-order valence-electron chi connectivity index (χ3n) is 0.814. The number of hydrogen-bond acceptors (Lipinski definition) is 2. The van der Waals surface area contributed by atoms with Crippen molar-refractivity contribution in [3.63, 3.8) is 0 Å². The van der Waals surface area contributed by atoms with Gasteiger partial charge in [-0.25, -0.2) is 0 Å². The van der Waals surface area contributed by atoms with E-state index in [0.29, 0.717) is 5.44 Å². The Labute approximate surface area is 64.6 Å². The Hall–Kier alpha value is -0.247. The van der Waals surface area contributed by atoms with E-state index in [-0.39, 0.29) is 5.97 Å². The molecule has 0 aromatic rings. The summed E-state index contributed by atoms with van der Waals surface area (Å²) in [5.41, 5.74) is 0.630. The summed E-state index contributed by atoms with van der Waals surface area (Å²) in [5, 5.41) is 0. The van der Waals surface area contributed by atoms with E-state index < -0.39 is 13.3 Å². The van der Waals surface area contributed by atoms with Crippen molar-refractivity contribution in [2.75, 3.05) is 5.44 Å². The molecule has 0 heterocycles. The molecule has 0 unspecified atom stereocenters. The van der Waals surface area contributed by atoms with Gasteiger partial charge in [0.2, 0.25) is 0 Å². The van der Waals surface area contributed by atoms with E-state index in [9.17, 15) is 4.79 Å². The molecule has 0 rings (SSSR count). The Morgan fingerprint density at radius 1 is 1.60 bits per heavy atom. The Morgan fingerprint density at radius 3 is 2.40 bits per heavy atom. The Balaban J connectivity index is 3.55. The monoisotopic (exact) mass is 204 g/mol. The zero-order valence-electron chi connectivity index (χ0n) is 6.81. The third kappa shape index (κ3) is 5.88. The first-order valence-corrected chi connectivity index (χ1v) is 11.0. The number of ether oxygens (including phenoxy) is 1. The molecule has 0 fully saturated rings. The summed E-state index contributed by atoms with van der Waals surface area (Å²) in [7, 11) is 0. The van der Waals surface area contributed by atoms with Crippen LogP contribution in [-0.2, 0) is 9.53 Å². The molecule has 0 aromatic carbocycles. The van der Waals surface area contributed by atoms with Gasteiger partial charge in [-0.15, -0.1) is 0 Å². The first kappa shape index (κ1) is 9.75. The van der Waals surface area contributed by atoms with Gasteiger partial charge in [0.1, 0.15) is 0 Å². The molecule has 10 heavy (non-hydrogen) atoms. The fourth-order valence-corrected chi connectivity index (χ4v) is 1.55. The van der Waals surface area contributed by atoms with Gasteiger partial charge in [0.25, 0.3) is 0 Å². The molecule has 0 spiro atoms. The van der Waals surface area contributed by atoms with Crippen LogP contribution in [0.1, 0.15) is 0 Å². The van der Waals surface area contributed by atoms with Gasteiger partial charge in [-0.3, -0.25) is 0 Å². The summed E-state index contributed by atoms with van der Waals surface area (Å²) in [4.78, 5) is 10.5. The Bertz CT molecular complexity index is 135. The van der Waals surface area contributed by atoms with Crippen LogP contribution in [0, 0.1) is 0 Å². The Kier molecular flexibility index (Phi) is 3.71. The molecule has 0 radical (unpaired) electrons. The van der Waals surface area contributed by atoms with E-state index in [1.165, 1.54) is 6.08 Å². The molecular formula is C7H14GeO2. The van der Waals surface area contributed by atoms with Crippen molar-refractivity contribution < 1.29 is 9.53 Å². The van der Waals surface area contributed by atoms with E-state index in [2.05, 4.69) is 23.8 Å². The molecule has 58 valence electrons. The predicted octanol–water partition coefficient (Wildman–Crippen LogP) is 1.59. The van der Waals surface area contributed by atoms with Crippen LogP contribution in [0.15, 0.2) is 12.7 Å². The zero-order chi connectivity index (χ0) is 8.20. The first-order chi connectivity index (χ1) is 4.45. The van der Waals surface area contributed by atoms with Crippen molar-refractivity contribution >= 4 is 19.2 Å². The van der Waals surface area contributed by atoms with Crippen molar-refractivity contribution in [3.05, 3.63) is 12.7 Å². The van der Waals surface area contributed by atoms with Gasteiger partial charge in [0, 0.05) is 0 Å². The minimum absolute atomic E-state index is 0.305. The summed E-state index contributed by atoms with van der Waals surface area (Å²) in [6.07, 6.45) is 1.20. The number of carbonyl (C=O) groups is 1. The maximum atomic E-state index is 10.5. The van der Waals surface area contributed by atoms with E-state index in [0.717, 1.165) is 0 Å². The molecule has 0 bridgehead atoms. The summed E-state index contributed by atoms with van der Waals surface area (Å²) in [6.45, 7) is 3.31. The fourth-order valence-electron chi connectivity index (χ4n) is 0.347. The molecule has 0 amide bonds. The van der Waals surface area contributed by atoms with Gasteiger partial charge >= 0.3 is 64.1 Å². The molecule has 0 aliphatic heterocycles. The van der Waals surface area contributed by atoms with Crippen LogP contribution in [0.25, 0.3) is 0 Å². The van der Waals surface area contributed by atoms with Gasteiger partial charge in [-0.05, 0) is 0 Å². The van der Waals surface area contributed by atoms with Crippen LogP contribution in [0.5, 0.6) is 0 Å². The summed E-state index contributed by atoms with van der Waals surface area (Å²) in [6, 6.07) is 0. The fraction of sp³-hybridized carbons (Fsp3) is 0.571. The molecule has 0 aliphatic rings. The molecule has 0 saturated carbocycles. The average Bonchev–Trinajstić information content (AvgIpc) is 1.81. The molecule has 2 nitrogen and oxygen atoms in total. The average molecular weight is 203 g/mol. The van der Waals surface area contributed by atoms with Crippen molar-refractivity contribution in [1.29, 1.82) is 0 Å². The SMILES string of the molecule is C=CC(=O)O[CH2][Ge]([CH3])([CH3])[CH3]. The molecular weight excluding hydrogens is 189 g/mol. The van der Waals surface area contributed by atoms with Crippen LogP contribution < -0.4 is 0 Å². The number of esters is 1. The van der Waals surface area contributed by atoms with Gasteiger partial charge in [0.15, 0.2) is 0 Å². The van der Waals surface area contributed by atoms with Crippen LogP contribution in [0.4, 0.5) is 0 Å². The molecule has 0 N–H and O–H groups in total. The van der Waals surface area contributed by atoms with Crippen molar-refractivity contribution in [3.8, 4) is 0 Å². The standard InChI is InChI=1S/C7H14GeO2/c1-5-7(9)10-6-8(2,3)4/h5H,1,6H2,2-4H3. The van der Waals surface area contributed by atoms with Gasteiger partial charge < -0.3 is 0 Å². The second-order valence-electron chi connectivity index (χ2n) is 3.37. The van der Waals surface area contributed by atoms with Crippen molar-refractivity contribution in [1.82, 2.24) is 0 Å². The number of carbonyl (C=O) groups excluding carboxylic acids is 1. The molecule has 0 saturated heterocycles. The van der Waals surface area contributed by atoms with E-state index in [1.807, 2.05) is 0 Å². The number of hydrogen-bond donors (Lipinski definition) is 0. The normalized spacial score (nSPS) is 10.7. The Morgan fingerprint density at radius 2 is 2.10 bits per heavy atom. The number of rotatable bonds is 3. The molecule has 3 heteroatoms. The van der Waals surface area contributed by atoms with E-state index >= 15 is 0 Å². The van der Waals surface area contributed by atoms with Crippen LogP contribution >= 0.6 is 0 Å². The topological polar surface area (TPSA) is 26.3 Å². The van der Waals surface area contributed by atoms with E-state index in [1.54, 1.807) is 0 Å². The van der Waals surface area contributed by atoms with Crippen molar-refractivity contribution in [2.24, 2.45) is 0 Å². The summed E-state index contributed by atoms with van der Waals surface area (Å²) < 4.78 is 4.88. The van der Waals surface area contributed by atoms with Gasteiger partial charge in [0.05, 0.1) is 0 Å². The zero-order valence-corrected chi connectivity index (χ0v) is 8.91. The molecule has 0 atom stereocenters. The summed E-state index contributed by atoms with van der Waals surface area (Å²) in [5.74, 6) is 6.27. The van der Waals surface area contributed by atoms with Gasteiger partial charge in [-0.2, -0.15) is 0 Å². The quantitative estimate of drug-likeness (QED) is 0.395. The molecule has 0 aromatic heterocycles. The second kappa shape index (κ2) is 3.81. The summed E-state index contributed by atoms with van der Waals surface area (Å²) >= 11 is -1.67. The minimum atomic E-state index is -1.67. The predicted molar refractivity (Wildman–Crippen MR) is 44.5 cm³/mol. The van der Waals surface area contributed by atoms with Gasteiger partial charge in [-0.1, -0.05) is 0 Å². The van der Waals surface area contributed by atoms with E-state index in [4.69, 9.17) is 4.74 Å². The second-order valence-corrected chi connectivity index (χ2v) is 14.7. The van der Waals surface area contributed by atoms with Crippen LogP contribution in [-0.4, -0.2) is 24.7 Å². The van der Waals surface area contributed by atoms with Crippen LogP contribution in [0.3, 0.4) is 0 Å². The third-order valence-corrected chi connectivity index (χ3v) is 2.93. The molecule has 0 aliphatic carbocycles. The maximum absolute atomic E-state index is 10.5.